The molecule has 4 nitrogen and oxygen atoms in total. The summed E-state index contributed by atoms with van der Waals surface area (Å²) in [6.45, 7) is 9.14. The fourth-order valence-electron chi connectivity index (χ4n) is 2.84. The lowest BCUT2D eigenvalue weighted by Gasteiger charge is -2.25. The van der Waals surface area contributed by atoms with Gasteiger partial charge in [-0.05, 0) is 20.8 Å². The largest absolute Gasteiger partial charge is 0.328 e. The maximum atomic E-state index is 9.39. The highest BCUT2D eigenvalue weighted by Gasteiger charge is 2.21. The molecular formula is C19H25N4S+. The Kier molecular flexibility index (Phi) is 7.10. The lowest BCUT2D eigenvalue weighted by atomic mass is 10.1. The van der Waals surface area contributed by atoms with Crippen molar-refractivity contribution in [3.63, 3.8) is 0 Å². The number of aryl methyl sites for hydroxylation is 1. The Labute approximate surface area is 148 Å². The van der Waals surface area contributed by atoms with Gasteiger partial charge in [-0.15, -0.1) is 11.3 Å². The van der Waals surface area contributed by atoms with E-state index in [1.807, 2.05) is 18.4 Å². The van der Waals surface area contributed by atoms with Gasteiger partial charge in [0.2, 0.25) is 0 Å². The lowest BCUT2D eigenvalue weighted by molar-refractivity contribution is -0.926. The first-order valence-electron chi connectivity index (χ1n) is 8.40. The van der Waals surface area contributed by atoms with Crippen molar-refractivity contribution in [1.29, 1.82) is 5.26 Å². The van der Waals surface area contributed by atoms with E-state index < -0.39 is 0 Å². The molecule has 1 unspecified atom stereocenters. The second-order valence-corrected chi connectivity index (χ2v) is 6.67. The number of quaternary nitrogens is 1. The van der Waals surface area contributed by atoms with E-state index in [1.54, 1.807) is 6.21 Å². The third-order valence-corrected chi connectivity index (χ3v) is 5.23. The minimum atomic E-state index is -0.355. The highest BCUT2D eigenvalue weighted by molar-refractivity contribution is 7.09. The summed E-state index contributed by atoms with van der Waals surface area (Å²) in [5.74, 6) is -0.355. The van der Waals surface area contributed by atoms with Gasteiger partial charge in [0.15, 0.2) is 0 Å². The summed E-state index contributed by atoms with van der Waals surface area (Å²) in [5.41, 5.74) is 2.25. The first-order valence-corrected chi connectivity index (χ1v) is 9.28. The van der Waals surface area contributed by atoms with Crippen LogP contribution in [0.5, 0.6) is 0 Å². The molecule has 0 radical (unpaired) electrons. The fourth-order valence-corrected chi connectivity index (χ4v) is 3.64. The third kappa shape index (κ3) is 4.73. The zero-order chi connectivity index (χ0) is 17.4. The lowest BCUT2D eigenvalue weighted by Crippen LogP contribution is -3.12. The molecule has 0 aliphatic rings. The van der Waals surface area contributed by atoms with E-state index in [1.165, 1.54) is 21.8 Å². The Morgan fingerprint density at radius 2 is 2.00 bits per heavy atom. The Balaban J connectivity index is 2.13. The summed E-state index contributed by atoms with van der Waals surface area (Å²) in [4.78, 5) is 10.5. The molecule has 2 rings (SSSR count). The number of aliphatic imine (C=N–C) groups is 1. The van der Waals surface area contributed by atoms with E-state index >= 15 is 0 Å². The number of likely N-dealkylation sites (N-methyl/N-ethyl adjacent to an activating group) is 1. The quantitative estimate of drug-likeness (QED) is 0.751. The number of thiazole rings is 1. The van der Waals surface area contributed by atoms with Crippen LogP contribution in [0.25, 0.3) is 0 Å². The molecule has 5 heteroatoms. The van der Waals surface area contributed by atoms with Crippen LogP contribution in [-0.2, 0) is 0 Å². The van der Waals surface area contributed by atoms with E-state index in [0.717, 1.165) is 23.8 Å². The molecular weight excluding hydrogens is 316 g/mol. The summed E-state index contributed by atoms with van der Waals surface area (Å²) in [5, 5.41) is 12.2. The molecule has 0 amide bonds. The van der Waals surface area contributed by atoms with Crippen molar-refractivity contribution in [2.45, 2.75) is 32.7 Å². The molecule has 1 N–H and O–H groups in total. The molecule has 0 bridgehead atoms. The smallest absolute Gasteiger partial charge is 0.133 e. The van der Waals surface area contributed by atoms with Crippen LogP contribution < -0.4 is 4.90 Å². The highest BCUT2D eigenvalue weighted by Crippen LogP contribution is 2.18. The maximum absolute atomic E-state index is 9.39. The molecule has 0 spiro atoms. The first kappa shape index (κ1) is 18.3. The van der Waals surface area contributed by atoms with Crippen LogP contribution in [-0.4, -0.2) is 30.8 Å². The van der Waals surface area contributed by atoms with Crippen LogP contribution in [0, 0.1) is 18.3 Å². The predicted octanol–water partition coefficient (Wildman–Crippen LogP) is 2.80. The van der Waals surface area contributed by atoms with Crippen LogP contribution in [0.4, 0.5) is 0 Å². The van der Waals surface area contributed by atoms with Gasteiger partial charge in [-0.3, -0.25) is 4.99 Å². The van der Waals surface area contributed by atoms with Gasteiger partial charge >= 0.3 is 0 Å². The molecule has 1 heterocycles. The van der Waals surface area contributed by atoms with Gasteiger partial charge < -0.3 is 4.90 Å². The minimum absolute atomic E-state index is 0.315. The van der Waals surface area contributed by atoms with Gasteiger partial charge in [0.1, 0.15) is 17.0 Å². The average molecular weight is 342 g/mol. The third-order valence-electron chi connectivity index (χ3n) is 4.19. The Bertz CT molecular complexity index is 683. The number of hydrogen-bond acceptors (Lipinski definition) is 4. The van der Waals surface area contributed by atoms with Crippen molar-refractivity contribution in [2.75, 3.05) is 19.6 Å². The molecule has 0 saturated heterocycles. The van der Waals surface area contributed by atoms with Crippen LogP contribution in [0.3, 0.4) is 0 Å². The predicted molar refractivity (Wildman–Crippen MR) is 99.8 cm³/mol. The van der Waals surface area contributed by atoms with Crippen molar-refractivity contribution < 1.29 is 4.90 Å². The summed E-state index contributed by atoms with van der Waals surface area (Å²) >= 11 is 1.52. The van der Waals surface area contributed by atoms with Crippen molar-refractivity contribution in [3.8, 4) is 6.07 Å². The molecule has 126 valence electrons. The monoisotopic (exact) mass is 341 g/mol. The number of benzene rings is 1. The molecule has 2 atom stereocenters. The van der Waals surface area contributed by atoms with Crippen LogP contribution >= 0.6 is 11.3 Å². The van der Waals surface area contributed by atoms with E-state index in [-0.39, 0.29) is 5.92 Å². The summed E-state index contributed by atoms with van der Waals surface area (Å²) in [6.07, 6.45) is 1.76. The van der Waals surface area contributed by atoms with E-state index in [4.69, 9.17) is 0 Å². The van der Waals surface area contributed by atoms with E-state index in [2.05, 4.69) is 54.2 Å². The van der Waals surface area contributed by atoms with Gasteiger partial charge in [-0.25, -0.2) is 4.98 Å². The molecule has 0 saturated carbocycles. The number of rotatable bonds is 8. The Morgan fingerprint density at radius 3 is 2.54 bits per heavy atom. The molecule has 2 aromatic rings. The number of hydrogen-bond donors (Lipinski definition) is 1. The summed E-state index contributed by atoms with van der Waals surface area (Å²) in [6, 6.07) is 13.1. The van der Waals surface area contributed by atoms with E-state index in [9.17, 15) is 5.26 Å². The first-order chi connectivity index (χ1) is 11.7. The minimum Gasteiger partial charge on any atom is -0.328 e. The van der Waals surface area contributed by atoms with Crippen molar-refractivity contribution >= 4 is 17.6 Å². The van der Waals surface area contributed by atoms with Gasteiger partial charge in [-0.1, -0.05) is 30.3 Å². The van der Waals surface area contributed by atoms with E-state index in [0.29, 0.717) is 12.6 Å². The van der Waals surface area contributed by atoms with Gasteiger partial charge in [0, 0.05) is 22.9 Å². The average Bonchev–Trinajstić information content (AvgIpc) is 3.05. The summed E-state index contributed by atoms with van der Waals surface area (Å²) in [7, 11) is 0. The number of nitriles is 1. The second kappa shape index (κ2) is 9.31. The van der Waals surface area contributed by atoms with Crippen molar-refractivity contribution in [1.82, 2.24) is 4.98 Å². The maximum Gasteiger partial charge on any atom is 0.133 e. The van der Waals surface area contributed by atoms with Crippen molar-refractivity contribution in [3.05, 3.63) is 52.0 Å². The van der Waals surface area contributed by atoms with Gasteiger partial charge in [-0.2, -0.15) is 5.26 Å². The Morgan fingerprint density at radius 1 is 1.29 bits per heavy atom. The number of aromatic nitrogens is 1. The van der Waals surface area contributed by atoms with Crippen LogP contribution in [0.2, 0.25) is 0 Å². The highest BCUT2D eigenvalue weighted by atomic mass is 32.1. The topological polar surface area (TPSA) is 53.5 Å². The van der Waals surface area contributed by atoms with Crippen LogP contribution in [0.15, 0.2) is 40.7 Å². The van der Waals surface area contributed by atoms with Gasteiger partial charge in [0.25, 0.3) is 0 Å². The normalized spacial score (nSPS) is 14.0. The zero-order valence-corrected chi connectivity index (χ0v) is 15.4. The number of nitrogens with zero attached hydrogens (tertiary/aromatic N) is 3. The summed E-state index contributed by atoms with van der Waals surface area (Å²) < 4.78 is 0. The van der Waals surface area contributed by atoms with Gasteiger partial charge in [0.05, 0.1) is 25.7 Å². The SMILES string of the molecule is CC[NH+](CC)[C@H](CN=CC(C#N)c1nc(C)cs1)c1ccccc1. The fraction of sp³-hybridized carbons (Fsp3) is 0.421. The zero-order valence-electron chi connectivity index (χ0n) is 14.6. The molecule has 0 aliphatic carbocycles. The van der Waals surface area contributed by atoms with Crippen molar-refractivity contribution in [2.24, 2.45) is 4.99 Å². The Hall–Kier alpha value is -2.03. The standard InChI is InChI=1S/C19H24N4S/c1-4-23(5-2)18(16-9-7-6-8-10-16)13-21-12-17(11-20)19-22-15(3)14-24-19/h6-10,12,14,17-18H,4-5,13H2,1-3H3/p+1/t17?,18-/m1/s1. The molecule has 1 aromatic heterocycles. The molecule has 24 heavy (non-hydrogen) atoms. The second-order valence-electron chi connectivity index (χ2n) is 5.78. The molecule has 0 aliphatic heterocycles. The molecule has 1 aromatic carbocycles. The number of nitrogens with one attached hydrogen (secondary N) is 1. The molecule has 0 fully saturated rings. The van der Waals surface area contributed by atoms with Crippen LogP contribution in [0.1, 0.15) is 42.1 Å².